The summed E-state index contributed by atoms with van der Waals surface area (Å²) in [6.45, 7) is 5.12. The van der Waals surface area contributed by atoms with Crippen LogP contribution in [-0.4, -0.2) is 29.0 Å². The van der Waals surface area contributed by atoms with Crippen molar-refractivity contribution in [1.82, 2.24) is 4.90 Å². The first-order valence-electron chi connectivity index (χ1n) is 9.80. The molecule has 3 nitrogen and oxygen atoms in total. The molecule has 0 unspecified atom stereocenters. The molecule has 3 rings (SSSR count). The Balaban J connectivity index is 2.27. The first kappa shape index (κ1) is 19.8. The molecule has 0 fully saturated rings. The van der Waals surface area contributed by atoms with Gasteiger partial charge in [-0.1, -0.05) is 91.0 Å². The Morgan fingerprint density at radius 2 is 1.18 bits per heavy atom. The molecule has 0 aliphatic carbocycles. The van der Waals surface area contributed by atoms with Crippen molar-refractivity contribution >= 4 is 5.91 Å². The van der Waals surface area contributed by atoms with E-state index in [0.29, 0.717) is 24.2 Å². The average molecular weight is 373 g/mol. The van der Waals surface area contributed by atoms with Gasteiger partial charge in [0.2, 0.25) is 5.91 Å². The maximum Gasteiger partial charge on any atom is 0.233 e. The molecular formula is C25H27NO2. The molecule has 0 aliphatic rings. The third-order valence-electron chi connectivity index (χ3n) is 5.30. The summed E-state index contributed by atoms with van der Waals surface area (Å²) in [5.74, 6) is -0.829. The molecule has 0 spiro atoms. The molecule has 28 heavy (non-hydrogen) atoms. The lowest BCUT2D eigenvalue weighted by atomic mass is 9.72. The van der Waals surface area contributed by atoms with E-state index >= 15 is 0 Å². The van der Waals surface area contributed by atoms with Crippen molar-refractivity contribution in [2.45, 2.75) is 25.4 Å². The lowest BCUT2D eigenvalue weighted by molar-refractivity contribution is -0.138. The third-order valence-corrected chi connectivity index (χ3v) is 5.30. The largest absolute Gasteiger partial charge is 0.379 e. The highest BCUT2D eigenvalue weighted by Crippen LogP contribution is 2.43. The van der Waals surface area contributed by atoms with Crippen LogP contribution in [-0.2, 0) is 10.4 Å². The number of likely N-dealkylation sites (N-methyl/N-ethyl adjacent to an activating group) is 1. The van der Waals surface area contributed by atoms with Gasteiger partial charge in [-0.2, -0.15) is 0 Å². The molecule has 0 aromatic heterocycles. The van der Waals surface area contributed by atoms with E-state index in [4.69, 9.17) is 0 Å². The number of aliphatic hydroxyl groups is 1. The average Bonchev–Trinajstić information content (AvgIpc) is 2.76. The van der Waals surface area contributed by atoms with Crippen molar-refractivity contribution in [1.29, 1.82) is 0 Å². The Labute approximate surface area is 167 Å². The minimum Gasteiger partial charge on any atom is -0.379 e. The summed E-state index contributed by atoms with van der Waals surface area (Å²) in [5, 5.41) is 12.2. The van der Waals surface area contributed by atoms with E-state index in [1.165, 1.54) is 0 Å². The van der Waals surface area contributed by atoms with Crippen LogP contribution in [0.3, 0.4) is 0 Å². The van der Waals surface area contributed by atoms with E-state index in [1.807, 2.05) is 105 Å². The quantitative estimate of drug-likeness (QED) is 0.659. The van der Waals surface area contributed by atoms with Crippen LogP contribution in [0.1, 0.15) is 36.5 Å². The Morgan fingerprint density at radius 1 is 0.786 bits per heavy atom. The molecule has 3 aromatic carbocycles. The second-order valence-electron chi connectivity index (χ2n) is 6.85. The summed E-state index contributed by atoms with van der Waals surface area (Å²) in [6, 6.07) is 28.5. The molecule has 1 atom stereocenters. The second-order valence-corrected chi connectivity index (χ2v) is 6.85. The Hall–Kier alpha value is -2.91. The van der Waals surface area contributed by atoms with Gasteiger partial charge in [-0.15, -0.1) is 0 Å². The number of hydrogen-bond donors (Lipinski definition) is 1. The van der Waals surface area contributed by atoms with E-state index in [0.717, 1.165) is 5.56 Å². The van der Waals surface area contributed by atoms with Gasteiger partial charge in [-0.3, -0.25) is 4.79 Å². The van der Waals surface area contributed by atoms with Crippen LogP contribution in [0.25, 0.3) is 0 Å². The predicted octanol–water partition coefficient (Wildman–Crippen LogP) is 4.57. The zero-order valence-corrected chi connectivity index (χ0v) is 16.5. The van der Waals surface area contributed by atoms with Crippen LogP contribution in [0.2, 0.25) is 0 Å². The van der Waals surface area contributed by atoms with Crippen LogP contribution < -0.4 is 0 Å². The van der Waals surface area contributed by atoms with Crippen LogP contribution in [0.4, 0.5) is 0 Å². The van der Waals surface area contributed by atoms with E-state index in [-0.39, 0.29) is 5.91 Å². The van der Waals surface area contributed by atoms with Gasteiger partial charge in [-0.25, -0.2) is 0 Å². The van der Waals surface area contributed by atoms with Crippen molar-refractivity contribution in [2.75, 3.05) is 13.1 Å². The first-order chi connectivity index (χ1) is 13.6. The molecule has 0 saturated carbocycles. The molecular weight excluding hydrogens is 346 g/mol. The van der Waals surface area contributed by atoms with Gasteiger partial charge in [0.05, 0.1) is 0 Å². The number of carbonyl (C=O) groups excluding carboxylic acids is 1. The standard InChI is InChI=1S/C25H27NO2/c1-3-26(4-2)24(27)23(20-14-8-5-9-15-20)25(28,21-16-10-6-11-17-21)22-18-12-7-13-19-22/h5-19,23,28H,3-4H2,1-2H3/t23-/m0/s1. The molecule has 0 bridgehead atoms. The number of rotatable bonds is 7. The highest BCUT2D eigenvalue weighted by atomic mass is 16.3. The fraction of sp³-hybridized carbons (Fsp3) is 0.240. The zero-order chi connectivity index (χ0) is 20.0. The molecule has 0 aliphatic heterocycles. The minimum absolute atomic E-state index is 0.0774. The zero-order valence-electron chi connectivity index (χ0n) is 16.5. The summed E-state index contributed by atoms with van der Waals surface area (Å²) >= 11 is 0. The molecule has 0 radical (unpaired) electrons. The third kappa shape index (κ3) is 3.71. The van der Waals surface area contributed by atoms with Crippen LogP contribution in [0.15, 0.2) is 91.0 Å². The second kappa shape index (κ2) is 8.85. The van der Waals surface area contributed by atoms with Crippen molar-refractivity contribution in [3.63, 3.8) is 0 Å². The lowest BCUT2D eigenvalue weighted by Gasteiger charge is -2.39. The Bertz CT molecular complexity index is 835. The Morgan fingerprint density at radius 3 is 1.57 bits per heavy atom. The van der Waals surface area contributed by atoms with Gasteiger partial charge in [0.25, 0.3) is 0 Å². The summed E-state index contributed by atoms with van der Waals surface area (Å²) in [7, 11) is 0. The van der Waals surface area contributed by atoms with Crippen molar-refractivity contribution < 1.29 is 9.90 Å². The van der Waals surface area contributed by atoms with Crippen LogP contribution >= 0.6 is 0 Å². The molecule has 0 saturated heterocycles. The highest BCUT2D eigenvalue weighted by molar-refractivity contribution is 5.86. The fourth-order valence-electron chi connectivity index (χ4n) is 3.81. The van der Waals surface area contributed by atoms with E-state index < -0.39 is 11.5 Å². The summed E-state index contributed by atoms with van der Waals surface area (Å²) in [6.07, 6.45) is 0. The summed E-state index contributed by atoms with van der Waals surface area (Å²) in [4.78, 5) is 15.5. The number of carbonyl (C=O) groups is 1. The van der Waals surface area contributed by atoms with Crippen LogP contribution in [0, 0.1) is 0 Å². The highest BCUT2D eigenvalue weighted by Gasteiger charge is 2.46. The number of nitrogens with zero attached hydrogens (tertiary/aromatic N) is 1. The maximum absolute atomic E-state index is 13.7. The van der Waals surface area contributed by atoms with E-state index in [2.05, 4.69) is 0 Å². The van der Waals surface area contributed by atoms with Crippen LogP contribution in [0.5, 0.6) is 0 Å². The maximum atomic E-state index is 13.7. The minimum atomic E-state index is -1.48. The summed E-state index contributed by atoms with van der Waals surface area (Å²) in [5.41, 5.74) is 0.726. The van der Waals surface area contributed by atoms with Gasteiger partial charge < -0.3 is 10.0 Å². The van der Waals surface area contributed by atoms with E-state index in [9.17, 15) is 9.90 Å². The number of benzene rings is 3. The molecule has 0 heterocycles. The van der Waals surface area contributed by atoms with Gasteiger partial charge in [0.15, 0.2) is 0 Å². The monoisotopic (exact) mass is 373 g/mol. The first-order valence-corrected chi connectivity index (χ1v) is 9.80. The van der Waals surface area contributed by atoms with Gasteiger partial charge >= 0.3 is 0 Å². The van der Waals surface area contributed by atoms with Crippen molar-refractivity contribution in [3.8, 4) is 0 Å². The van der Waals surface area contributed by atoms with Crippen molar-refractivity contribution in [3.05, 3.63) is 108 Å². The van der Waals surface area contributed by atoms with E-state index in [1.54, 1.807) is 4.90 Å². The molecule has 3 heteroatoms. The lowest BCUT2D eigenvalue weighted by Crippen LogP contribution is -2.46. The summed E-state index contributed by atoms with van der Waals surface area (Å²) < 4.78 is 0. The molecule has 1 amide bonds. The van der Waals surface area contributed by atoms with Gasteiger partial charge in [-0.05, 0) is 30.5 Å². The van der Waals surface area contributed by atoms with Gasteiger partial charge in [0, 0.05) is 13.1 Å². The number of hydrogen-bond acceptors (Lipinski definition) is 2. The molecule has 3 aromatic rings. The van der Waals surface area contributed by atoms with Crippen molar-refractivity contribution in [2.24, 2.45) is 0 Å². The number of amides is 1. The van der Waals surface area contributed by atoms with Gasteiger partial charge in [0.1, 0.15) is 11.5 Å². The Kier molecular flexibility index (Phi) is 6.27. The SMILES string of the molecule is CCN(CC)C(=O)[C@H](c1ccccc1)C(O)(c1ccccc1)c1ccccc1. The topological polar surface area (TPSA) is 40.5 Å². The molecule has 144 valence electrons. The predicted molar refractivity (Wildman–Crippen MR) is 113 cm³/mol. The fourth-order valence-corrected chi connectivity index (χ4v) is 3.81. The normalized spacial score (nSPS) is 12.4. The molecule has 1 N–H and O–H groups in total. The smallest absolute Gasteiger partial charge is 0.233 e.